The van der Waals surface area contributed by atoms with E-state index in [0.29, 0.717) is 6.54 Å². The molecule has 2 heterocycles. The molecule has 2 N–H and O–H groups in total. The van der Waals surface area contributed by atoms with Gasteiger partial charge in [0.2, 0.25) is 11.6 Å². The maximum Gasteiger partial charge on any atom is 0.353 e. The number of rotatable bonds is 7. The van der Waals surface area contributed by atoms with Crippen molar-refractivity contribution in [2.24, 2.45) is 0 Å². The molecular formula is C17H20F2N6O2. The number of nitrogens with one attached hydrogen (secondary N) is 2. The first-order chi connectivity index (χ1) is 13.0. The third kappa shape index (κ3) is 4.85. The second kappa shape index (κ2) is 8.67. The minimum Gasteiger partial charge on any atom is -0.363 e. The van der Waals surface area contributed by atoms with E-state index >= 15 is 0 Å². The maximum atomic E-state index is 13.4. The molecule has 1 aromatic heterocycles. The average molecular weight is 378 g/mol. The van der Waals surface area contributed by atoms with Crippen molar-refractivity contribution >= 4 is 23.0 Å². The van der Waals surface area contributed by atoms with Crippen LogP contribution in [0.15, 0.2) is 24.5 Å². The van der Waals surface area contributed by atoms with Crippen LogP contribution in [0.3, 0.4) is 0 Å². The van der Waals surface area contributed by atoms with Gasteiger partial charge in [-0.3, -0.25) is 10.1 Å². The lowest BCUT2D eigenvalue weighted by Crippen LogP contribution is -2.33. The predicted octanol–water partition coefficient (Wildman–Crippen LogP) is 3.30. The lowest BCUT2D eigenvalue weighted by Gasteiger charge is -2.26. The monoisotopic (exact) mass is 378 g/mol. The first-order valence-electron chi connectivity index (χ1n) is 8.72. The molecule has 27 heavy (non-hydrogen) atoms. The molecule has 8 nitrogen and oxygen atoms in total. The number of nitro groups is 1. The Labute approximate surface area is 154 Å². The maximum absolute atomic E-state index is 13.4. The van der Waals surface area contributed by atoms with Crippen molar-refractivity contribution in [3.05, 3.63) is 46.3 Å². The Kier molecular flexibility index (Phi) is 6.07. The summed E-state index contributed by atoms with van der Waals surface area (Å²) in [7, 11) is 0. The molecule has 1 aliphatic heterocycles. The van der Waals surface area contributed by atoms with Crippen molar-refractivity contribution in [1.29, 1.82) is 0 Å². The van der Waals surface area contributed by atoms with Crippen molar-refractivity contribution < 1.29 is 13.7 Å². The molecule has 0 aliphatic carbocycles. The number of halogens is 2. The summed E-state index contributed by atoms with van der Waals surface area (Å²) in [4.78, 5) is 21.0. The number of piperidine rings is 1. The van der Waals surface area contributed by atoms with E-state index in [0.717, 1.165) is 44.6 Å². The first-order valence-corrected chi connectivity index (χ1v) is 8.72. The fourth-order valence-corrected chi connectivity index (χ4v) is 3.00. The lowest BCUT2D eigenvalue weighted by molar-refractivity contribution is -0.383. The second-order valence-corrected chi connectivity index (χ2v) is 6.26. The van der Waals surface area contributed by atoms with Crippen molar-refractivity contribution in [2.45, 2.75) is 19.3 Å². The zero-order valence-electron chi connectivity index (χ0n) is 14.6. The van der Waals surface area contributed by atoms with Gasteiger partial charge < -0.3 is 15.5 Å². The SMILES string of the molecule is O=[N+]([O-])c1c(NCCN2CCCCC2)ncnc1Nc1ccc(F)c(F)c1. The Morgan fingerprint density at radius 3 is 2.56 bits per heavy atom. The van der Waals surface area contributed by atoms with E-state index in [4.69, 9.17) is 0 Å². The Balaban J connectivity index is 1.73. The summed E-state index contributed by atoms with van der Waals surface area (Å²) in [6, 6.07) is 3.11. The molecular weight excluding hydrogens is 358 g/mol. The van der Waals surface area contributed by atoms with Crippen LogP contribution in [0.4, 0.5) is 31.8 Å². The number of aromatic nitrogens is 2. The van der Waals surface area contributed by atoms with Gasteiger partial charge in [0.05, 0.1) is 4.92 Å². The number of hydrogen-bond donors (Lipinski definition) is 2. The fraction of sp³-hybridized carbons (Fsp3) is 0.412. The molecule has 1 aromatic carbocycles. The van der Waals surface area contributed by atoms with Crippen LogP contribution in [0, 0.1) is 21.7 Å². The fourth-order valence-electron chi connectivity index (χ4n) is 3.00. The Morgan fingerprint density at radius 2 is 1.85 bits per heavy atom. The standard InChI is InChI=1S/C17H20F2N6O2/c18-13-5-4-12(10-14(13)19)23-17-15(25(26)27)16(21-11-22-17)20-6-9-24-7-2-1-3-8-24/h4-5,10-11H,1-3,6-9H2,(H2,20,21,22,23). The summed E-state index contributed by atoms with van der Waals surface area (Å²) in [5, 5.41) is 17.2. The molecule has 1 fully saturated rings. The molecule has 0 atom stereocenters. The summed E-state index contributed by atoms with van der Waals surface area (Å²) in [6.45, 7) is 3.31. The second-order valence-electron chi connectivity index (χ2n) is 6.26. The molecule has 0 spiro atoms. The van der Waals surface area contributed by atoms with Crippen LogP contribution in [0.2, 0.25) is 0 Å². The molecule has 1 aliphatic rings. The molecule has 0 radical (unpaired) electrons. The Bertz CT molecular complexity index is 814. The van der Waals surface area contributed by atoms with E-state index in [1.807, 2.05) is 0 Å². The predicted molar refractivity (Wildman–Crippen MR) is 97.1 cm³/mol. The van der Waals surface area contributed by atoms with E-state index in [-0.39, 0.29) is 23.0 Å². The van der Waals surface area contributed by atoms with Gasteiger partial charge in [-0.1, -0.05) is 6.42 Å². The summed E-state index contributed by atoms with van der Waals surface area (Å²) in [6.07, 6.45) is 4.74. The van der Waals surface area contributed by atoms with Crippen LogP contribution in [-0.4, -0.2) is 46.0 Å². The normalized spacial score (nSPS) is 14.7. The van der Waals surface area contributed by atoms with Gasteiger partial charge in [0.1, 0.15) is 6.33 Å². The highest BCUT2D eigenvalue weighted by Gasteiger charge is 2.23. The summed E-state index contributed by atoms with van der Waals surface area (Å²) in [5.41, 5.74) is -0.198. The first kappa shape index (κ1) is 18.9. The highest BCUT2D eigenvalue weighted by Crippen LogP contribution is 2.31. The van der Waals surface area contributed by atoms with Crippen molar-refractivity contribution in [1.82, 2.24) is 14.9 Å². The van der Waals surface area contributed by atoms with Crippen LogP contribution in [0.25, 0.3) is 0 Å². The van der Waals surface area contributed by atoms with Gasteiger partial charge in [0, 0.05) is 24.8 Å². The van der Waals surface area contributed by atoms with E-state index in [1.54, 1.807) is 0 Å². The van der Waals surface area contributed by atoms with Gasteiger partial charge in [-0.15, -0.1) is 0 Å². The van der Waals surface area contributed by atoms with Crippen molar-refractivity contribution in [3.63, 3.8) is 0 Å². The third-order valence-corrected chi connectivity index (χ3v) is 4.36. The molecule has 144 valence electrons. The summed E-state index contributed by atoms with van der Waals surface area (Å²) in [5.74, 6) is -2.08. The molecule has 3 rings (SSSR count). The van der Waals surface area contributed by atoms with Crippen LogP contribution in [-0.2, 0) is 0 Å². The number of likely N-dealkylation sites (tertiary alicyclic amines) is 1. The zero-order chi connectivity index (χ0) is 19.2. The largest absolute Gasteiger partial charge is 0.363 e. The molecule has 0 saturated carbocycles. The van der Waals surface area contributed by atoms with E-state index in [9.17, 15) is 18.9 Å². The molecule has 10 heteroatoms. The highest BCUT2D eigenvalue weighted by molar-refractivity contribution is 5.73. The third-order valence-electron chi connectivity index (χ3n) is 4.36. The smallest absolute Gasteiger partial charge is 0.353 e. The Morgan fingerprint density at radius 1 is 1.11 bits per heavy atom. The minimum atomic E-state index is -1.06. The van der Waals surface area contributed by atoms with Crippen LogP contribution in [0.1, 0.15) is 19.3 Å². The number of benzene rings is 1. The minimum absolute atomic E-state index is 0.0806. The van der Waals surface area contributed by atoms with Gasteiger partial charge >= 0.3 is 5.69 Å². The van der Waals surface area contributed by atoms with Gasteiger partial charge in [-0.25, -0.2) is 18.7 Å². The van der Waals surface area contributed by atoms with Gasteiger partial charge in [-0.2, -0.15) is 0 Å². The van der Waals surface area contributed by atoms with E-state index in [2.05, 4.69) is 25.5 Å². The molecule has 0 bridgehead atoms. The highest BCUT2D eigenvalue weighted by atomic mass is 19.2. The molecule has 0 unspecified atom stereocenters. The zero-order valence-corrected chi connectivity index (χ0v) is 14.6. The van der Waals surface area contributed by atoms with Crippen LogP contribution in [0.5, 0.6) is 0 Å². The van der Waals surface area contributed by atoms with Crippen molar-refractivity contribution in [2.75, 3.05) is 36.8 Å². The van der Waals surface area contributed by atoms with Gasteiger partial charge in [-0.05, 0) is 38.1 Å². The topological polar surface area (TPSA) is 96.2 Å². The van der Waals surface area contributed by atoms with E-state index in [1.165, 1.54) is 18.8 Å². The van der Waals surface area contributed by atoms with E-state index < -0.39 is 16.6 Å². The summed E-state index contributed by atoms with van der Waals surface area (Å²) >= 11 is 0. The van der Waals surface area contributed by atoms with Gasteiger partial charge in [0.25, 0.3) is 0 Å². The quantitative estimate of drug-likeness (QED) is 0.564. The number of nitrogens with zero attached hydrogens (tertiary/aromatic N) is 4. The summed E-state index contributed by atoms with van der Waals surface area (Å²) < 4.78 is 26.4. The average Bonchev–Trinajstić information content (AvgIpc) is 2.65. The molecule has 1 saturated heterocycles. The molecule has 2 aromatic rings. The Hall–Kier alpha value is -2.88. The lowest BCUT2D eigenvalue weighted by atomic mass is 10.1. The van der Waals surface area contributed by atoms with Crippen LogP contribution >= 0.6 is 0 Å². The van der Waals surface area contributed by atoms with Gasteiger partial charge in [0.15, 0.2) is 11.6 Å². The van der Waals surface area contributed by atoms with Crippen molar-refractivity contribution in [3.8, 4) is 0 Å². The number of hydrogen-bond acceptors (Lipinski definition) is 7. The number of anilines is 3. The molecule has 0 amide bonds. The van der Waals surface area contributed by atoms with Crippen LogP contribution < -0.4 is 10.6 Å².